The van der Waals surface area contributed by atoms with Crippen LogP contribution in [0.15, 0.2) is 42.6 Å². The Balaban J connectivity index is 0.00000106. The van der Waals surface area contributed by atoms with Crippen LogP contribution in [0, 0.1) is 6.92 Å². The molecule has 2 aromatic rings. The summed E-state index contributed by atoms with van der Waals surface area (Å²) in [6.07, 6.45) is 4.43. The van der Waals surface area contributed by atoms with Crippen molar-refractivity contribution in [3.63, 3.8) is 0 Å². The molecule has 21 heavy (non-hydrogen) atoms. The molecule has 1 atom stereocenters. The Hall–Kier alpha value is -1.63. The van der Waals surface area contributed by atoms with E-state index in [2.05, 4.69) is 74.9 Å². The number of rotatable bonds is 4. The predicted molar refractivity (Wildman–Crippen MR) is 92.5 cm³/mol. The lowest BCUT2D eigenvalue weighted by Gasteiger charge is -2.13. The molecule has 0 aliphatic rings. The summed E-state index contributed by atoms with van der Waals surface area (Å²) in [4.78, 5) is 0. The molecule has 0 saturated carbocycles. The monoisotopic (exact) mass is 284 g/mol. The standard InChI is InChI=1S/C18H24N.C2H6/c1-5-15(4)19-13-9-10-14(3)18(19)17-12-8-7-11-16(17)6-2;1-2/h7-13,15H,5-6H2,1-4H3;1-2H3/q+1;. The Morgan fingerprint density at radius 2 is 1.67 bits per heavy atom. The van der Waals surface area contributed by atoms with Gasteiger partial charge in [-0.2, -0.15) is 4.57 Å². The molecule has 0 aliphatic heterocycles. The number of nitrogens with zero attached hydrogens (tertiary/aromatic N) is 1. The van der Waals surface area contributed by atoms with Gasteiger partial charge in [0.05, 0.1) is 0 Å². The average molecular weight is 284 g/mol. The van der Waals surface area contributed by atoms with Crippen molar-refractivity contribution in [2.75, 3.05) is 0 Å². The molecule has 0 bridgehead atoms. The summed E-state index contributed by atoms with van der Waals surface area (Å²) in [5.74, 6) is 0. The summed E-state index contributed by atoms with van der Waals surface area (Å²) in [5.41, 5.74) is 5.52. The van der Waals surface area contributed by atoms with Crippen LogP contribution in [0.2, 0.25) is 0 Å². The molecule has 0 N–H and O–H groups in total. The molecular formula is C20H30N+. The molecule has 0 saturated heterocycles. The lowest BCUT2D eigenvalue weighted by atomic mass is 9.98. The van der Waals surface area contributed by atoms with Crippen molar-refractivity contribution >= 4 is 0 Å². The fraction of sp³-hybridized carbons (Fsp3) is 0.450. The minimum atomic E-state index is 0.528. The van der Waals surface area contributed by atoms with Crippen molar-refractivity contribution in [1.29, 1.82) is 0 Å². The lowest BCUT2D eigenvalue weighted by molar-refractivity contribution is -0.709. The van der Waals surface area contributed by atoms with Crippen LogP contribution in [0.1, 0.15) is 58.2 Å². The molecule has 1 nitrogen and oxygen atoms in total. The molecule has 2 rings (SSSR count). The third kappa shape index (κ3) is 3.93. The summed E-state index contributed by atoms with van der Waals surface area (Å²) in [5, 5.41) is 0. The Morgan fingerprint density at radius 1 is 1.00 bits per heavy atom. The lowest BCUT2D eigenvalue weighted by Crippen LogP contribution is -2.40. The van der Waals surface area contributed by atoms with E-state index >= 15 is 0 Å². The summed E-state index contributed by atoms with van der Waals surface area (Å²) in [7, 11) is 0. The highest BCUT2D eigenvalue weighted by Gasteiger charge is 2.21. The Kier molecular flexibility index (Phi) is 7.14. The molecule has 0 fully saturated rings. The summed E-state index contributed by atoms with van der Waals surface area (Å²) >= 11 is 0. The van der Waals surface area contributed by atoms with E-state index in [1.54, 1.807) is 0 Å². The largest absolute Gasteiger partial charge is 0.215 e. The van der Waals surface area contributed by atoms with Crippen LogP contribution < -0.4 is 4.57 Å². The average Bonchev–Trinajstić information content (AvgIpc) is 2.55. The van der Waals surface area contributed by atoms with Crippen molar-refractivity contribution in [2.24, 2.45) is 0 Å². The van der Waals surface area contributed by atoms with Crippen LogP contribution in [0.5, 0.6) is 0 Å². The minimum absolute atomic E-state index is 0.528. The topological polar surface area (TPSA) is 3.88 Å². The van der Waals surface area contributed by atoms with Gasteiger partial charge in [0.1, 0.15) is 0 Å². The van der Waals surface area contributed by atoms with Crippen LogP contribution in [0.3, 0.4) is 0 Å². The normalized spacial score (nSPS) is 11.5. The van der Waals surface area contributed by atoms with Crippen LogP contribution in [0.4, 0.5) is 0 Å². The molecular weight excluding hydrogens is 254 g/mol. The number of hydrogen-bond acceptors (Lipinski definition) is 0. The third-order valence-corrected chi connectivity index (χ3v) is 3.94. The van der Waals surface area contributed by atoms with Gasteiger partial charge in [0, 0.05) is 23.6 Å². The van der Waals surface area contributed by atoms with E-state index in [1.807, 2.05) is 13.8 Å². The van der Waals surface area contributed by atoms with Gasteiger partial charge in [-0.1, -0.05) is 45.9 Å². The van der Waals surface area contributed by atoms with Gasteiger partial charge >= 0.3 is 0 Å². The van der Waals surface area contributed by atoms with Gasteiger partial charge in [0.15, 0.2) is 12.2 Å². The highest BCUT2D eigenvalue weighted by molar-refractivity contribution is 5.64. The van der Waals surface area contributed by atoms with E-state index in [9.17, 15) is 0 Å². The minimum Gasteiger partial charge on any atom is -0.196 e. The van der Waals surface area contributed by atoms with Crippen molar-refractivity contribution in [1.82, 2.24) is 0 Å². The molecule has 1 heteroatoms. The highest BCUT2D eigenvalue weighted by Crippen LogP contribution is 2.25. The van der Waals surface area contributed by atoms with Crippen LogP contribution in [-0.2, 0) is 6.42 Å². The van der Waals surface area contributed by atoms with Gasteiger partial charge in [0.25, 0.3) is 0 Å². The maximum atomic E-state index is 2.42. The van der Waals surface area contributed by atoms with Crippen LogP contribution >= 0.6 is 0 Å². The molecule has 1 aromatic heterocycles. The number of benzene rings is 1. The maximum absolute atomic E-state index is 2.42. The molecule has 0 spiro atoms. The fourth-order valence-corrected chi connectivity index (χ4v) is 2.61. The Bertz CT molecular complexity index is 558. The van der Waals surface area contributed by atoms with Crippen LogP contribution in [0.25, 0.3) is 11.3 Å². The first-order valence-corrected chi connectivity index (χ1v) is 8.28. The van der Waals surface area contributed by atoms with E-state index < -0.39 is 0 Å². The van der Waals surface area contributed by atoms with Crippen molar-refractivity contribution in [3.05, 3.63) is 53.7 Å². The van der Waals surface area contributed by atoms with E-state index in [1.165, 1.54) is 22.4 Å². The molecule has 0 radical (unpaired) electrons. The first kappa shape index (κ1) is 17.4. The van der Waals surface area contributed by atoms with Gasteiger partial charge in [-0.25, -0.2) is 0 Å². The summed E-state index contributed by atoms with van der Waals surface area (Å²) in [6, 6.07) is 13.7. The summed E-state index contributed by atoms with van der Waals surface area (Å²) < 4.78 is 2.42. The quantitative estimate of drug-likeness (QED) is 0.652. The zero-order valence-electron chi connectivity index (χ0n) is 14.5. The predicted octanol–water partition coefficient (Wildman–Crippen LogP) is 5.51. The van der Waals surface area contributed by atoms with Crippen molar-refractivity contribution < 1.29 is 4.57 Å². The van der Waals surface area contributed by atoms with E-state index in [0.717, 1.165) is 12.8 Å². The van der Waals surface area contributed by atoms with E-state index in [4.69, 9.17) is 0 Å². The van der Waals surface area contributed by atoms with Gasteiger partial charge in [-0.05, 0) is 38.0 Å². The second-order valence-electron chi connectivity index (χ2n) is 5.22. The van der Waals surface area contributed by atoms with Crippen molar-refractivity contribution in [2.45, 2.75) is 60.4 Å². The molecule has 0 aliphatic carbocycles. The third-order valence-electron chi connectivity index (χ3n) is 3.94. The number of pyridine rings is 1. The highest BCUT2D eigenvalue weighted by atomic mass is 15.0. The van der Waals surface area contributed by atoms with Crippen molar-refractivity contribution in [3.8, 4) is 11.3 Å². The second-order valence-corrected chi connectivity index (χ2v) is 5.22. The van der Waals surface area contributed by atoms with E-state index in [0.29, 0.717) is 6.04 Å². The maximum Gasteiger partial charge on any atom is 0.215 e. The summed E-state index contributed by atoms with van der Waals surface area (Å²) in [6.45, 7) is 13.0. The van der Waals surface area contributed by atoms with Gasteiger partial charge in [0.2, 0.25) is 5.69 Å². The molecule has 1 aromatic carbocycles. The first-order valence-electron chi connectivity index (χ1n) is 8.28. The molecule has 114 valence electrons. The molecule has 1 unspecified atom stereocenters. The smallest absolute Gasteiger partial charge is 0.196 e. The van der Waals surface area contributed by atoms with Gasteiger partial charge in [-0.3, -0.25) is 0 Å². The zero-order valence-corrected chi connectivity index (χ0v) is 14.5. The zero-order chi connectivity index (χ0) is 15.8. The van der Waals surface area contributed by atoms with E-state index in [-0.39, 0.29) is 0 Å². The van der Waals surface area contributed by atoms with Gasteiger partial charge < -0.3 is 0 Å². The number of hydrogen-bond donors (Lipinski definition) is 0. The first-order chi connectivity index (χ1) is 10.2. The SMILES string of the molecule is CC.CCc1ccccc1-c1c(C)ccc[n+]1C(C)CC. The van der Waals surface area contributed by atoms with Crippen LogP contribution in [-0.4, -0.2) is 0 Å². The Morgan fingerprint density at radius 3 is 2.29 bits per heavy atom. The molecule has 1 heterocycles. The number of aromatic nitrogens is 1. The number of aryl methyl sites for hydroxylation is 2. The van der Waals surface area contributed by atoms with Gasteiger partial charge in [-0.15, -0.1) is 0 Å². The molecule has 0 amide bonds. The fourth-order valence-electron chi connectivity index (χ4n) is 2.61. The Labute approximate surface area is 130 Å². The second kappa shape index (κ2) is 8.61.